The molecule has 0 saturated carbocycles. The lowest BCUT2D eigenvalue weighted by Gasteiger charge is -2.23. The molecule has 0 unspecified atom stereocenters. The molecule has 1 atom stereocenters. The average molecular weight is 321 g/mol. The Hall–Kier alpha value is -1.47. The van der Waals surface area contributed by atoms with Gasteiger partial charge in [0, 0.05) is 11.7 Å². The van der Waals surface area contributed by atoms with E-state index in [0.29, 0.717) is 17.8 Å². The maximum Gasteiger partial charge on any atom is 0.294 e. The van der Waals surface area contributed by atoms with Gasteiger partial charge in [-0.1, -0.05) is 11.3 Å². The Morgan fingerprint density at radius 1 is 1.36 bits per heavy atom. The van der Waals surface area contributed by atoms with Crippen molar-refractivity contribution in [1.82, 2.24) is 24.9 Å². The summed E-state index contributed by atoms with van der Waals surface area (Å²) in [6, 6.07) is 2.66. The van der Waals surface area contributed by atoms with E-state index in [-0.39, 0.29) is 0 Å². The summed E-state index contributed by atoms with van der Waals surface area (Å²) in [5.41, 5.74) is 2.33. The summed E-state index contributed by atoms with van der Waals surface area (Å²) in [6.07, 6.45) is 2.45. The Morgan fingerprint density at radius 3 is 2.95 bits per heavy atom. The molecular weight excluding hydrogens is 298 g/mol. The Morgan fingerprint density at radius 2 is 2.23 bits per heavy atom. The third-order valence-electron chi connectivity index (χ3n) is 4.04. The van der Waals surface area contributed by atoms with E-state index in [1.807, 2.05) is 13.8 Å². The third kappa shape index (κ3) is 3.47. The van der Waals surface area contributed by atoms with Gasteiger partial charge < -0.3 is 4.74 Å². The molecule has 0 spiro atoms. The lowest BCUT2D eigenvalue weighted by molar-refractivity contribution is 0.217. The highest BCUT2D eigenvalue weighted by Gasteiger charge is 2.26. The fourth-order valence-electron chi connectivity index (χ4n) is 3.03. The topological polar surface area (TPSA) is 56.1 Å². The zero-order chi connectivity index (χ0) is 15.5. The molecule has 2 aromatic heterocycles. The molecule has 6 nitrogen and oxygen atoms in total. The van der Waals surface area contributed by atoms with Gasteiger partial charge in [0.15, 0.2) is 0 Å². The second-order valence-electron chi connectivity index (χ2n) is 5.77. The van der Waals surface area contributed by atoms with Crippen LogP contribution in [0.1, 0.15) is 36.2 Å². The van der Waals surface area contributed by atoms with Gasteiger partial charge in [0.2, 0.25) is 0 Å². The molecule has 7 heteroatoms. The summed E-state index contributed by atoms with van der Waals surface area (Å²) >= 11 is 1.55. The first-order valence-corrected chi connectivity index (χ1v) is 8.67. The van der Waals surface area contributed by atoms with Crippen LogP contribution in [0.3, 0.4) is 0 Å². The highest BCUT2D eigenvalue weighted by molar-refractivity contribution is 7.13. The summed E-state index contributed by atoms with van der Waals surface area (Å²) in [5, 5.41) is 14.6. The van der Waals surface area contributed by atoms with Gasteiger partial charge in [0.1, 0.15) is 5.01 Å². The molecule has 1 aliphatic rings. The van der Waals surface area contributed by atoms with Crippen molar-refractivity contribution < 1.29 is 4.74 Å². The lowest BCUT2D eigenvalue weighted by atomic mass is 10.2. The van der Waals surface area contributed by atoms with Crippen LogP contribution in [-0.2, 0) is 13.1 Å². The third-order valence-corrected chi connectivity index (χ3v) is 4.86. The van der Waals surface area contributed by atoms with Crippen LogP contribution in [-0.4, -0.2) is 44.1 Å². The number of hydrogen-bond acceptors (Lipinski definition) is 6. The van der Waals surface area contributed by atoms with Crippen LogP contribution < -0.4 is 4.74 Å². The number of hydrogen-bond donors (Lipinski definition) is 0. The van der Waals surface area contributed by atoms with Crippen molar-refractivity contribution in [2.24, 2.45) is 0 Å². The molecule has 2 aromatic rings. The SMILES string of the molecule is CCOc1nnc(CN2CCC[C@@H]2Cn2nc(C)cc2C)s1. The van der Waals surface area contributed by atoms with E-state index in [1.54, 1.807) is 11.3 Å². The fourth-order valence-corrected chi connectivity index (χ4v) is 3.80. The Labute approximate surface area is 135 Å². The maximum absolute atomic E-state index is 5.40. The van der Waals surface area contributed by atoms with Crippen molar-refractivity contribution in [2.75, 3.05) is 13.2 Å². The number of aromatic nitrogens is 4. The minimum absolute atomic E-state index is 0.525. The standard InChI is InChI=1S/C15H23N5OS/c1-4-21-15-17-16-14(22-15)10-19-7-5-6-13(19)9-20-12(3)8-11(2)18-20/h8,13H,4-7,9-10H2,1-3H3/t13-/m1/s1. The average Bonchev–Trinajstić information content (AvgIpc) is 3.16. The summed E-state index contributed by atoms with van der Waals surface area (Å²) in [5.74, 6) is 0. The van der Waals surface area contributed by atoms with Gasteiger partial charge in [-0.3, -0.25) is 9.58 Å². The molecule has 0 N–H and O–H groups in total. The van der Waals surface area contributed by atoms with Crippen molar-refractivity contribution >= 4 is 11.3 Å². The van der Waals surface area contributed by atoms with Gasteiger partial charge in [-0.2, -0.15) is 5.10 Å². The maximum atomic E-state index is 5.40. The number of nitrogens with zero attached hydrogens (tertiary/aromatic N) is 5. The minimum atomic E-state index is 0.525. The van der Waals surface area contributed by atoms with E-state index in [4.69, 9.17) is 4.74 Å². The molecule has 0 aromatic carbocycles. The van der Waals surface area contributed by atoms with Crippen molar-refractivity contribution in [1.29, 1.82) is 0 Å². The summed E-state index contributed by atoms with van der Waals surface area (Å²) in [6.45, 7) is 9.70. The second kappa shape index (κ2) is 6.75. The number of ether oxygens (including phenoxy) is 1. The highest BCUT2D eigenvalue weighted by atomic mass is 32.1. The van der Waals surface area contributed by atoms with Crippen molar-refractivity contribution in [3.63, 3.8) is 0 Å². The van der Waals surface area contributed by atoms with Crippen LogP contribution in [0.2, 0.25) is 0 Å². The van der Waals surface area contributed by atoms with E-state index in [9.17, 15) is 0 Å². The van der Waals surface area contributed by atoms with Gasteiger partial charge in [-0.15, -0.1) is 10.2 Å². The molecule has 0 radical (unpaired) electrons. The summed E-state index contributed by atoms with van der Waals surface area (Å²) in [4.78, 5) is 2.49. The van der Waals surface area contributed by atoms with E-state index >= 15 is 0 Å². The van der Waals surface area contributed by atoms with E-state index < -0.39 is 0 Å². The normalized spacial score (nSPS) is 19.0. The first-order valence-electron chi connectivity index (χ1n) is 7.86. The molecule has 0 bridgehead atoms. The quantitative estimate of drug-likeness (QED) is 0.818. The lowest BCUT2D eigenvalue weighted by Crippen LogP contribution is -2.33. The Balaban J connectivity index is 1.63. The summed E-state index contributed by atoms with van der Waals surface area (Å²) < 4.78 is 7.53. The molecule has 22 heavy (non-hydrogen) atoms. The van der Waals surface area contributed by atoms with Crippen LogP contribution in [0.25, 0.3) is 0 Å². The van der Waals surface area contributed by atoms with Crippen LogP contribution in [0.5, 0.6) is 5.19 Å². The van der Waals surface area contributed by atoms with Gasteiger partial charge in [-0.05, 0) is 46.2 Å². The zero-order valence-electron chi connectivity index (χ0n) is 13.4. The van der Waals surface area contributed by atoms with Gasteiger partial charge >= 0.3 is 0 Å². The molecule has 3 heterocycles. The number of rotatable bonds is 6. The van der Waals surface area contributed by atoms with Gasteiger partial charge in [-0.25, -0.2) is 0 Å². The number of likely N-dealkylation sites (tertiary alicyclic amines) is 1. The second-order valence-corrected chi connectivity index (χ2v) is 6.80. The fraction of sp³-hybridized carbons (Fsp3) is 0.667. The highest BCUT2D eigenvalue weighted by Crippen LogP contribution is 2.25. The first-order chi connectivity index (χ1) is 10.7. The smallest absolute Gasteiger partial charge is 0.294 e. The number of aryl methyl sites for hydroxylation is 2. The van der Waals surface area contributed by atoms with Crippen LogP contribution in [0.15, 0.2) is 6.07 Å². The monoisotopic (exact) mass is 321 g/mol. The molecule has 0 amide bonds. The first kappa shape index (κ1) is 15.4. The van der Waals surface area contributed by atoms with Gasteiger partial charge in [0.25, 0.3) is 5.19 Å². The van der Waals surface area contributed by atoms with Gasteiger partial charge in [0.05, 0.1) is 25.4 Å². The molecule has 0 aliphatic carbocycles. The molecule has 1 aliphatic heterocycles. The van der Waals surface area contributed by atoms with Crippen molar-refractivity contribution in [3.05, 3.63) is 22.5 Å². The van der Waals surface area contributed by atoms with Crippen LogP contribution in [0, 0.1) is 13.8 Å². The molecular formula is C15H23N5OS. The Kier molecular flexibility index (Phi) is 4.73. The van der Waals surface area contributed by atoms with Crippen molar-refractivity contribution in [2.45, 2.75) is 52.7 Å². The summed E-state index contributed by atoms with van der Waals surface area (Å²) in [7, 11) is 0. The predicted octanol–water partition coefficient (Wildman–Crippen LogP) is 2.41. The molecule has 1 fully saturated rings. The molecule has 120 valence electrons. The minimum Gasteiger partial charge on any atom is -0.469 e. The van der Waals surface area contributed by atoms with Crippen molar-refractivity contribution in [3.8, 4) is 5.19 Å². The molecule has 3 rings (SSSR count). The van der Waals surface area contributed by atoms with Crippen LogP contribution >= 0.6 is 11.3 Å². The zero-order valence-corrected chi connectivity index (χ0v) is 14.3. The molecule has 1 saturated heterocycles. The van der Waals surface area contributed by atoms with E-state index in [2.05, 4.69) is 37.9 Å². The van der Waals surface area contributed by atoms with E-state index in [1.165, 1.54) is 18.5 Å². The predicted molar refractivity (Wildman–Crippen MR) is 86.2 cm³/mol. The van der Waals surface area contributed by atoms with Crippen LogP contribution in [0.4, 0.5) is 0 Å². The van der Waals surface area contributed by atoms with E-state index in [0.717, 1.165) is 30.3 Å². The largest absolute Gasteiger partial charge is 0.469 e. The Bertz CT molecular complexity index is 623.